The van der Waals surface area contributed by atoms with E-state index in [4.69, 9.17) is 0 Å². The number of thioether (sulfide) groups is 1. The Balaban J connectivity index is 2.11. The van der Waals surface area contributed by atoms with E-state index in [0.29, 0.717) is 22.3 Å². The van der Waals surface area contributed by atoms with E-state index in [2.05, 4.69) is 25.3 Å². The van der Waals surface area contributed by atoms with Crippen LogP contribution in [0.3, 0.4) is 0 Å². The van der Waals surface area contributed by atoms with Crippen molar-refractivity contribution in [3.05, 3.63) is 57.9 Å². The summed E-state index contributed by atoms with van der Waals surface area (Å²) in [6.45, 7) is 8.35. The summed E-state index contributed by atoms with van der Waals surface area (Å²) in [5.41, 5.74) is 4.23. The Hall–Kier alpha value is -1.81. The van der Waals surface area contributed by atoms with E-state index in [1.807, 2.05) is 30.8 Å². The van der Waals surface area contributed by atoms with Gasteiger partial charge in [-0.05, 0) is 27.7 Å². The maximum absolute atomic E-state index is 13.0. The number of aromatic nitrogens is 1. The van der Waals surface area contributed by atoms with Crippen molar-refractivity contribution in [1.82, 2.24) is 4.57 Å². The minimum atomic E-state index is -0.167. The molecule has 0 N–H and O–H groups in total. The molecule has 2 heterocycles. The van der Waals surface area contributed by atoms with Crippen LogP contribution in [-0.2, 0) is 4.75 Å². The number of nitrogens with zero attached hydrogens (tertiary/aromatic N) is 1. The monoisotopic (exact) mass is 311 g/mol. The second-order valence-corrected chi connectivity index (χ2v) is 8.42. The Morgan fingerprint density at radius 1 is 1.05 bits per heavy atom. The molecule has 0 bridgehead atoms. The molecule has 1 aliphatic carbocycles. The lowest BCUT2D eigenvalue weighted by atomic mass is 9.83. The van der Waals surface area contributed by atoms with Crippen LogP contribution < -0.4 is 0 Å². The number of fused-ring (bicyclic) bond motifs is 4. The third kappa shape index (κ3) is 1.48. The molecule has 1 aliphatic heterocycles. The molecule has 112 valence electrons. The van der Waals surface area contributed by atoms with E-state index in [1.54, 1.807) is 12.1 Å². The first-order chi connectivity index (χ1) is 10.3. The zero-order valence-electron chi connectivity index (χ0n) is 13.1. The largest absolute Gasteiger partial charge is 0.334 e. The predicted octanol–water partition coefficient (Wildman–Crippen LogP) is 4.07. The van der Waals surface area contributed by atoms with Gasteiger partial charge in [-0.2, -0.15) is 0 Å². The van der Waals surface area contributed by atoms with Gasteiger partial charge in [-0.3, -0.25) is 9.59 Å². The van der Waals surface area contributed by atoms with Gasteiger partial charge in [0, 0.05) is 22.5 Å². The van der Waals surface area contributed by atoms with Crippen LogP contribution in [0.4, 0.5) is 0 Å². The van der Waals surface area contributed by atoms with Gasteiger partial charge in [0.1, 0.15) is 0 Å². The summed E-state index contributed by atoms with van der Waals surface area (Å²) in [6.07, 6.45) is 0. The van der Waals surface area contributed by atoms with Gasteiger partial charge in [-0.15, -0.1) is 11.8 Å². The van der Waals surface area contributed by atoms with E-state index in [9.17, 15) is 9.59 Å². The zero-order valence-corrected chi connectivity index (χ0v) is 13.9. The van der Waals surface area contributed by atoms with Gasteiger partial charge >= 0.3 is 0 Å². The van der Waals surface area contributed by atoms with Crippen molar-refractivity contribution in [1.29, 1.82) is 0 Å². The molecule has 2 aromatic rings. The number of carbonyl (C=O) groups is 2. The number of carbonyl (C=O) groups excluding carboxylic acids is 2. The molecular formula is C18H17NO2S. The number of rotatable bonds is 0. The molecular weight excluding hydrogens is 294 g/mol. The van der Waals surface area contributed by atoms with Gasteiger partial charge in [-0.25, -0.2) is 0 Å². The summed E-state index contributed by atoms with van der Waals surface area (Å²) in [4.78, 5) is 26.0. The Labute approximate surface area is 133 Å². The lowest BCUT2D eigenvalue weighted by Gasteiger charge is -2.21. The SMILES string of the molecule is Cc1c2c(c3n1[C@H](C)SC3(C)C)C(=O)c1ccccc1C2=O. The van der Waals surface area contributed by atoms with Crippen molar-refractivity contribution >= 4 is 23.3 Å². The first-order valence-electron chi connectivity index (χ1n) is 7.46. The maximum atomic E-state index is 13.0. The molecule has 1 aromatic carbocycles. The Morgan fingerprint density at radius 3 is 2.18 bits per heavy atom. The summed E-state index contributed by atoms with van der Waals surface area (Å²) >= 11 is 1.83. The number of benzene rings is 1. The fourth-order valence-electron chi connectivity index (χ4n) is 3.94. The fraction of sp³-hybridized carbons (Fsp3) is 0.333. The van der Waals surface area contributed by atoms with Gasteiger partial charge < -0.3 is 4.57 Å². The molecule has 0 unspecified atom stereocenters. The van der Waals surface area contributed by atoms with Crippen LogP contribution in [0.25, 0.3) is 0 Å². The highest BCUT2D eigenvalue weighted by molar-refractivity contribution is 8.00. The summed E-state index contributed by atoms with van der Waals surface area (Å²) < 4.78 is 2.01. The third-order valence-electron chi connectivity index (χ3n) is 4.72. The molecule has 1 atom stereocenters. The lowest BCUT2D eigenvalue weighted by Crippen LogP contribution is -2.23. The molecule has 0 radical (unpaired) electrons. The average molecular weight is 311 g/mol. The maximum Gasteiger partial charge on any atom is 0.196 e. The highest BCUT2D eigenvalue weighted by atomic mass is 32.2. The molecule has 0 saturated carbocycles. The second kappa shape index (κ2) is 4.13. The Bertz CT molecular complexity index is 860. The van der Waals surface area contributed by atoms with E-state index >= 15 is 0 Å². The van der Waals surface area contributed by atoms with Crippen molar-refractivity contribution in [2.45, 2.75) is 37.8 Å². The average Bonchev–Trinajstić information content (AvgIpc) is 2.91. The summed E-state index contributed by atoms with van der Waals surface area (Å²) in [5.74, 6) is -0.0255. The smallest absolute Gasteiger partial charge is 0.196 e. The highest BCUT2D eigenvalue weighted by Crippen LogP contribution is 2.54. The van der Waals surface area contributed by atoms with Crippen LogP contribution in [0.5, 0.6) is 0 Å². The Kier molecular flexibility index (Phi) is 2.60. The molecule has 0 spiro atoms. The molecule has 0 saturated heterocycles. The van der Waals surface area contributed by atoms with Crippen molar-refractivity contribution in [2.24, 2.45) is 0 Å². The zero-order chi connectivity index (χ0) is 15.8. The second-order valence-electron chi connectivity index (χ2n) is 6.49. The minimum Gasteiger partial charge on any atom is -0.334 e. The number of hydrogen-bond acceptors (Lipinski definition) is 3. The van der Waals surface area contributed by atoms with Gasteiger partial charge in [0.2, 0.25) is 0 Å². The third-order valence-corrected chi connectivity index (χ3v) is 6.05. The van der Waals surface area contributed by atoms with Crippen LogP contribution >= 0.6 is 11.8 Å². The molecule has 1 aromatic heterocycles. The van der Waals surface area contributed by atoms with Crippen molar-refractivity contribution < 1.29 is 9.59 Å². The summed E-state index contributed by atoms with van der Waals surface area (Å²) in [5, 5.41) is 0.235. The quantitative estimate of drug-likeness (QED) is 0.628. The van der Waals surface area contributed by atoms with Crippen molar-refractivity contribution in [3.8, 4) is 0 Å². The Morgan fingerprint density at radius 2 is 1.59 bits per heavy atom. The van der Waals surface area contributed by atoms with Crippen LogP contribution in [-0.4, -0.2) is 16.1 Å². The molecule has 0 fully saturated rings. The molecule has 2 aliphatic rings. The normalized spacial score (nSPS) is 21.5. The topological polar surface area (TPSA) is 39.1 Å². The van der Waals surface area contributed by atoms with E-state index in [0.717, 1.165) is 11.4 Å². The van der Waals surface area contributed by atoms with Gasteiger partial charge in [-0.1, -0.05) is 24.3 Å². The van der Waals surface area contributed by atoms with Gasteiger partial charge in [0.25, 0.3) is 0 Å². The standard InChI is InChI=1S/C18H17NO2S/c1-9-13-14(17-18(3,4)22-10(2)19(9)17)16(21)12-8-6-5-7-11(12)15(13)20/h5-8,10H,1-4H3/t10-/m0/s1. The van der Waals surface area contributed by atoms with E-state index < -0.39 is 0 Å². The van der Waals surface area contributed by atoms with Crippen LogP contribution in [0.1, 0.15) is 69.4 Å². The van der Waals surface area contributed by atoms with Crippen molar-refractivity contribution in [2.75, 3.05) is 0 Å². The number of hydrogen-bond donors (Lipinski definition) is 0. The molecule has 4 rings (SSSR count). The minimum absolute atomic E-state index is 0.00942. The molecule has 3 nitrogen and oxygen atoms in total. The van der Waals surface area contributed by atoms with E-state index in [-0.39, 0.29) is 21.7 Å². The first kappa shape index (κ1) is 13.8. The molecule has 0 amide bonds. The van der Waals surface area contributed by atoms with Crippen LogP contribution in [0.2, 0.25) is 0 Å². The molecule has 4 heteroatoms. The summed E-state index contributed by atoms with van der Waals surface area (Å²) in [6, 6.07) is 7.15. The van der Waals surface area contributed by atoms with Gasteiger partial charge in [0.15, 0.2) is 11.6 Å². The first-order valence-corrected chi connectivity index (χ1v) is 8.34. The highest BCUT2D eigenvalue weighted by Gasteiger charge is 2.46. The molecule has 22 heavy (non-hydrogen) atoms. The summed E-state index contributed by atoms with van der Waals surface area (Å²) in [7, 11) is 0. The fourth-order valence-corrected chi connectivity index (χ4v) is 5.47. The van der Waals surface area contributed by atoms with Crippen molar-refractivity contribution in [3.63, 3.8) is 0 Å². The van der Waals surface area contributed by atoms with Crippen LogP contribution in [0, 0.1) is 6.92 Å². The van der Waals surface area contributed by atoms with E-state index in [1.165, 1.54) is 0 Å². The van der Waals surface area contributed by atoms with Gasteiger partial charge in [0.05, 0.1) is 21.2 Å². The number of ketones is 2. The van der Waals surface area contributed by atoms with Crippen LogP contribution in [0.15, 0.2) is 24.3 Å². The lowest BCUT2D eigenvalue weighted by molar-refractivity contribution is 0.0978. The predicted molar refractivity (Wildman–Crippen MR) is 87.8 cm³/mol.